The lowest BCUT2D eigenvalue weighted by Crippen LogP contribution is -1.93. The van der Waals surface area contributed by atoms with Crippen LogP contribution in [0.1, 0.15) is 53.4 Å². The third kappa shape index (κ3) is 3.60. The maximum atomic E-state index is 2.35. The van der Waals surface area contributed by atoms with E-state index in [2.05, 4.69) is 27.7 Å². The zero-order chi connectivity index (χ0) is 9.14. The second-order valence-corrected chi connectivity index (χ2v) is 5.36. The van der Waals surface area contributed by atoms with E-state index < -0.39 is 0 Å². The first kappa shape index (κ1) is 10.1. The van der Waals surface area contributed by atoms with Crippen molar-refractivity contribution in [3.05, 3.63) is 0 Å². The van der Waals surface area contributed by atoms with E-state index >= 15 is 0 Å². The molecular formula is C12H24. The van der Waals surface area contributed by atoms with E-state index in [1.807, 2.05) is 0 Å². The van der Waals surface area contributed by atoms with Gasteiger partial charge < -0.3 is 0 Å². The lowest BCUT2D eigenvalue weighted by molar-refractivity contribution is 0.468. The maximum Gasteiger partial charge on any atom is -0.0381 e. The minimum Gasteiger partial charge on any atom is -0.0628 e. The fourth-order valence-electron chi connectivity index (χ4n) is 2.11. The smallest absolute Gasteiger partial charge is 0.0381 e. The van der Waals surface area contributed by atoms with Crippen LogP contribution in [0.5, 0.6) is 0 Å². The second-order valence-electron chi connectivity index (χ2n) is 5.36. The summed E-state index contributed by atoms with van der Waals surface area (Å²) in [6.07, 6.45) is 5.95. The lowest BCUT2D eigenvalue weighted by Gasteiger charge is -2.05. The molecule has 1 aliphatic carbocycles. The molecule has 0 N–H and O–H groups in total. The van der Waals surface area contributed by atoms with Crippen LogP contribution in [0, 0.1) is 23.7 Å². The standard InChI is InChI=1S/C12H24/c1-9(2)5-6-11-8-12(11)7-10(3)4/h9-12H,5-8H2,1-4H3. The molecule has 1 rings (SSSR count). The highest BCUT2D eigenvalue weighted by atomic mass is 14.4. The summed E-state index contributed by atoms with van der Waals surface area (Å²) in [7, 11) is 0. The van der Waals surface area contributed by atoms with Gasteiger partial charge in [0.05, 0.1) is 0 Å². The van der Waals surface area contributed by atoms with Gasteiger partial charge in [-0.3, -0.25) is 0 Å². The molecule has 0 saturated heterocycles. The van der Waals surface area contributed by atoms with Crippen molar-refractivity contribution >= 4 is 0 Å². The van der Waals surface area contributed by atoms with E-state index in [1.165, 1.54) is 25.7 Å². The molecule has 2 atom stereocenters. The molecule has 0 aromatic rings. The Hall–Kier alpha value is 0. The molecular weight excluding hydrogens is 144 g/mol. The number of rotatable bonds is 5. The normalized spacial score (nSPS) is 28.5. The summed E-state index contributed by atoms with van der Waals surface area (Å²) in [5, 5.41) is 0. The predicted octanol–water partition coefficient (Wildman–Crippen LogP) is 4.10. The zero-order valence-electron chi connectivity index (χ0n) is 9.14. The SMILES string of the molecule is CC(C)CCC1CC1CC(C)C. The number of hydrogen-bond donors (Lipinski definition) is 0. The van der Waals surface area contributed by atoms with E-state index in [9.17, 15) is 0 Å². The van der Waals surface area contributed by atoms with Crippen LogP contribution in [0.4, 0.5) is 0 Å². The van der Waals surface area contributed by atoms with E-state index in [0.717, 1.165) is 23.7 Å². The molecule has 0 spiro atoms. The molecule has 0 nitrogen and oxygen atoms in total. The Morgan fingerprint density at radius 2 is 1.67 bits per heavy atom. The minimum absolute atomic E-state index is 0.908. The van der Waals surface area contributed by atoms with Crippen molar-refractivity contribution in [3.8, 4) is 0 Å². The molecule has 1 saturated carbocycles. The molecule has 1 aliphatic rings. The first-order valence-corrected chi connectivity index (χ1v) is 5.59. The van der Waals surface area contributed by atoms with Gasteiger partial charge in [0.25, 0.3) is 0 Å². The van der Waals surface area contributed by atoms with Crippen LogP contribution in [-0.4, -0.2) is 0 Å². The predicted molar refractivity (Wildman–Crippen MR) is 55.1 cm³/mol. The van der Waals surface area contributed by atoms with Crippen LogP contribution in [0.25, 0.3) is 0 Å². The number of hydrogen-bond acceptors (Lipinski definition) is 0. The zero-order valence-corrected chi connectivity index (χ0v) is 9.14. The molecule has 0 aliphatic heterocycles. The van der Waals surface area contributed by atoms with Crippen molar-refractivity contribution in [1.29, 1.82) is 0 Å². The minimum atomic E-state index is 0.908. The van der Waals surface area contributed by atoms with Gasteiger partial charge in [-0.15, -0.1) is 0 Å². The van der Waals surface area contributed by atoms with Gasteiger partial charge in [0, 0.05) is 0 Å². The Morgan fingerprint density at radius 1 is 1.00 bits per heavy atom. The summed E-state index contributed by atoms with van der Waals surface area (Å²) < 4.78 is 0. The Kier molecular flexibility index (Phi) is 3.61. The van der Waals surface area contributed by atoms with E-state index in [0.29, 0.717) is 0 Å². The highest BCUT2D eigenvalue weighted by Crippen LogP contribution is 2.46. The highest BCUT2D eigenvalue weighted by Gasteiger charge is 2.36. The monoisotopic (exact) mass is 168 g/mol. The van der Waals surface area contributed by atoms with Crippen molar-refractivity contribution in [1.82, 2.24) is 0 Å². The molecule has 0 heterocycles. The largest absolute Gasteiger partial charge is 0.0628 e. The van der Waals surface area contributed by atoms with E-state index in [4.69, 9.17) is 0 Å². The highest BCUT2D eigenvalue weighted by molar-refractivity contribution is 4.86. The van der Waals surface area contributed by atoms with Crippen molar-refractivity contribution in [2.75, 3.05) is 0 Å². The van der Waals surface area contributed by atoms with Crippen LogP contribution in [0.3, 0.4) is 0 Å². The topological polar surface area (TPSA) is 0 Å². The molecule has 0 heteroatoms. The Labute approximate surface area is 77.7 Å². The molecule has 0 aromatic heterocycles. The quantitative estimate of drug-likeness (QED) is 0.579. The molecule has 1 fully saturated rings. The fraction of sp³-hybridized carbons (Fsp3) is 1.00. The van der Waals surface area contributed by atoms with Crippen molar-refractivity contribution in [3.63, 3.8) is 0 Å². The summed E-state index contributed by atoms with van der Waals surface area (Å²) in [4.78, 5) is 0. The third-order valence-electron chi connectivity index (χ3n) is 2.96. The van der Waals surface area contributed by atoms with Gasteiger partial charge in [-0.05, 0) is 42.9 Å². The summed E-state index contributed by atoms with van der Waals surface area (Å²) in [5.74, 6) is 4.03. The Bertz CT molecular complexity index is 124. The molecule has 12 heavy (non-hydrogen) atoms. The summed E-state index contributed by atoms with van der Waals surface area (Å²) in [5.41, 5.74) is 0. The molecule has 0 bridgehead atoms. The van der Waals surface area contributed by atoms with Crippen molar-refractivity contribution in [2.45, 2.75) is 53.4 Å². The van der Waals surface area contributed by atoms with Gasteiger partial charge >= 0.3 is 0 Å². The Balaban J connectivity index is 2.00. The summed E-state index contributed by atoms with van der Waals surface area (Å²) in [6, 6.07) is 0. The fourth-order valence-corrected chi connectivity index (χ4v) is 2.11. The van der Waals surface area contributed by atoms with Crippen LogP contribution in [-0.2, 0) is 0 Å². The van der Waals surface area contributed by atoms with E-state index in [1.54, 1.807) is 0 Å². The third-order valence-corrected chi connectivity index (χ3v) is 2.96. The first-order chi connectivity index (χ1) is 5.59. The van der Waals surface area contributed by atoms with Crippen molar-refractivity contribution in [2.24, 2.45) is 23.7 Å². The summed E-state index contributed by atoms with van der Waals surface area (Å²) in [6.45, 7) is 9.36. The molecule has 0 amide bonds. The average molecular weight is 168 g/mol. The first-order valence-electron chi connectivity index (χ1n) is 5.59. The van der Waals surface area contributed by atoms with Gasteiger partial charge in [0.2, 0.25) is 0 Å². The second kappa shape index (κ2) is 4.30. The van der Waals surface area contributed by atoms with Gasteiger partial charge in [-0.25, -0.2) is 0 Å². The van der Waals surface area contributed by atoms with Gasteiger partial charge in [0.15, 0.2) is 0 Å². The molecule has 0 radical (unpaired) electrons. The average Bonchev–Trinajstić information content (AvgIpc) is 2.62. The van der Waals surface area contributed by atoms with Crippen LogP contribution >= 0.6 is 0 Å². The maximum absolute atomic E-state index is 2.35. The van der Waals surface area contributed by atoms with Crippen LogP contribution < -0.4 is 0 Å². The Morgan fingerprint density at radius 3 is 2.17 bits per heavy atom. The van der Waals surface area contributed by atoms with E-state index in [-0.39, 0.29) is 0 Å². The van der Waals surface area contributed by atoms with Crippen LogP contribution in [0.2, 0.25) is 0 Å². The van der Waals surface area contributed by atoms with Gasteiger partial charge in [-0.1, -0.05) is 34.1 Å². The van der Waals surface area contributed by atoms with Crippen molar-refractivity contribution < 1.29 is 0 Å². The molecule has 72 valence electrons. The molecule has 2 unspecified atom stereocenters. The molecule has 0 aromatic carbocycles. The van der Waals surface area contributed by atoms with Gasteiger partial charge in [-0.2, -0.15) is 0 Å². The van der Waals surface area contributed by atoms with Crippen LogP contribution in [0.15, 0.2) is 0 Å². The van der Waals surface area contributed by atoms with Gasteiger partial charge in [0.1, 0.15) is 0 Å². The summed E-state index contributed by atoms with van der Waals surface area (Å²) >= 11 is 0. The lowest BCUT2D eigenvalue weighted by atomic mass is 10.0.